The topological polar surface area (TPSA) is 46.9 Å². The molecule has 0 bridgehead atoms. The van der Waals surface area contributed by atoms with E-state index in [2.05, 4.69) is 14.9 Å². The number of hydrogen-bond acceptors (Lipinski definition) is 4. The highest BCUT2D eigenvalue weighted by molar-refractivity contribution is 7.38. The molecule has 4 rings (SSSR count). The van der Waals surface area contributed by atoms with E-state index >= 15 is 0 Å². The fourth-order valence-electron chi connectivity index (χ4n) is 2.68. The number of carbonyl (C=O) groups is 1. The number of amides is 1. The Bertz CT molecular complexity index is 819. The van der Waals surface area contributed by atoms with Crippen molar-refractivity contribution in [1.82, 2.24) is 14.9 Å². The molecule has 0 spiro atoms. The third-order valence-corrected chi connectivity index (χ3v) is 6.49. The highest BCUT2D eigenvalue weighted by Gasteiger charge is 2.23. The molecule has 0 unspecified atom stereocenters. The van der Waals surface area contributed by atoms with Crippen molar-refractivity contribution in [3.8, 4) is 0 Å². The fraction of sp³-hybridized carbons (Fsp3) is 0.286. The Kier molecular flexibility index (Phi) is 3.24. The molecule has 4 heterocycles. The minimum Gasteiger partial charge on any atom is -0.347 e. The molecule has 108 valence electrons. The lowest BCUT2D eigenvalue weighted by atomic mass is 10.1. The minimum atomic E-state index is -0.0676. The van der Waals surface area contributed by atoms with Crippen molar-refractivity contribution >= 4 is 49.6 Å². The molecule has 0 fully saturated rings. The standard InChI is InChI=1S/C14H12ClN3OS2/c15-11-9-3-6-20-14(9)21-12(11)13(19)17-8-1-2-10-16-4-5-18(10)7-8/h3-6,8H,1-2,7H2,(H,17,19)/t8-/m1/s1. The van der Waals surface area contributed by atoms with Gasteiger partial charge >= 0.3 is 0 Å². The predicted octanol–water partition coefficient (Wildman–Crippen LogP) is 3.56. The summed E-state index contributed by atoms with van der Waals surface area (Å²) in [5, 5.41) is 6.66. The Balaban J connectivity index is 1.53. The van der Waals surface area contributed by atoms with Gasteiger partial charge in [-0.15, -0.1) is 22.7 Å². The van der Waals surface area contributed by atoms with Crippen molar-refractivity contribution < 1.29 is 4.79 Å². The van der Waals surface area contributed by atoms with Gasteiger partial charge in [0.2, 0.25) is 0 Å². The van der Waals surface area contributed by atoms with Crippen LogP contribution >= 0.6 is 34.3 Å². The highest BCUT2D eigenvalue weighted by Crippen LogP contribution is 2.38. The molecule has 0 aromatic carbocycles. The molecule has 0 saturated heterocycles. The zero-order chi connectivity index (χ0) is 14.4. The van der Waals surface area contributed by atoms with Crippen LogP contribution in [0.5, 0.6) is 0 Å². The van der Waals surface area contributed by atoms with Crippen LogP contribution in [0.2, 0.25) is 5.02 Å². The number of aromatic nitrogens is 2. The van der Waals surface area contributed by atoms with Crippen LogP contribution in [0.15, 0.2) is 23.8 Å². The van der Waals surface area contributed by atoms with Gasteiger partial charge in [-0.25, -0.2) is 4.98 Å². The van der Waals surface area contributed by atoms with Gasteiger partial charge in [0, 0.05) is 36.8 Å². The van der Waals surface area contributed by atoms with Gasteiger partial charge in [-0.05, 0) is 17.9 Å². The first kappa shape index (κ1) is 13.3. The molecule has 0 saturated carbocycles. The number of fused-ring (bicyclic) bond motifs is 2. The van der Waals surface area contributed by atoms with E-state index in [1.807, 2.05) is 23.8 Å². The summed E-state index contributed by atoms with van der Waals surface area (Å²) in [6, 6.07) is 2.10. The average molecular weight is 338 g/mol. The molecule has 3 aromatic rings. The maximum Gasteiger partial charge on any atom is 0.263 e. The van der Waals surface area contributed by atoms with Crippen LogP contribution in [0, 0.1) is 0 Å². The summed E-state index contributed by atoms with van der Waals surface area (Å²) in [5.41, 5.74) is 0. The fourth-order valence-corrected chi connectivity index (χ4v) is 5.20. The third kappa shape index (κ3) is 2.27. The largest absolute Gasteiger partial charge is 0.347 e. The van der Waals surface area contributed by atoms with Crippen LogP contribution in [0.3, 0.4) is 0 Å². The van der Waals surface area contributed by atoms with E-state index in [1.54, 1.807) is 11.3 Å². The highest BCUT2D eigenvalue weighted by atomic mass is 35.5. The number of halogens is 1. The van der Waals surface area contributed by atoms with E-state index in [-0.39, 0.29) is 11.9 Å². The van der Waals surface area contributed by atoms with E-state index in [0.717, 1.165) is 34.6 Å². The number of aryl methyl sites for hydroxylation is 1. The maximum atomic E-state index is 12.4. The Morgan fingerprint density at radius 1 is 1.52 bits per heavy atom. The molecule has 4 nitrogen and oxygen atoms in total. The first-order valence-electron chi connectivity index (χ1n) is 6.69. The van der Waals surface area contributed by atoms with Crippen LogP contribution < -0.4 is 5.32 Å². The van der Waals surface area contributed by atoms with Crippen LogP contribution in [-0.4, -0.2) is 21.5 Å². The van der Waals surface area contributed by atoms with Crippen LogP contribution in [0.25, 0.3) is 9.40 Å². The van der Waals surface area contributed by atoms with Crippen molar-refractivity contribution in [2.24, 2.45) is 0 Å². The van der Waals surface area contributed by atoms with E-state index in [4.69, 9.17) is 11.6 Å². The Hall–Kier alpha value is -1.37. The van der Waals surface area contributed by atoms with E-state index < -0.39 is 0 Å². The molecule has 3 aromatic heterocycles. The normalized spacial score (nSPS) is 17.9. The first-order valence-corrected chi connectivity index (χ1v) is 8.76. The molecular weight excluding hydrogens is 326 g/mol. The van der Waals surface area contributed by atoms with Crippen LogP contribution in [0.4, 0.5) is 0 Å². The predicted molar refractivity (Wildman–Crippen MR) is 86.5 cm³/mol. The summed E-state index contributed by atoms with van der Waals surface area (Å²) < 4.78 is 3.20. The number of thiophene rings is 2. The van der Waals surface area contributed by atoms with E-state index in [9.17, 15) is 4.79 Å². The molecule has 1 aliphatic heterocycles. The number of carbonyl (C=O) groups excluding carboxylic acids is 1. The van der Waals surface area contributed by atoms with Crippen molar-refractivity contribution in [1.29, 1.82) is 0 Å². The number of rotatable bonds is 2. The van der Waals surface area contributed by atoms with Gasteiger partial charge in [-0.2, -0.15) is 0 Å². The molecule has 21 heavy (non-hydrogen) atoms. The maximum absolute atomic E-state index is 12.4. The molecule has 0 aliphatic carbocycles. The van der Waals surface area contributed by atoms with Crippen molar-refractivity contribution in [3.05, 3.63) is 39.6 Å². The summed E-state index contributed by atoms with van der Waals surface area (Å²) in [5.74, 6) is 1.03. The van der Waals surface area contributed by atoms with Crippen molar-refractivity contribution in [2.45, 2.75) is 25.4 Å². The summed E-state index contributed by atoms with van der Waals surface area (Å²) in [7, 11) is 0. The van der Waals surface area contributed by atoms with E-state index in [0.29, 0.717) is 9.90 Å². The van der Waals surface area contributed by atoms with Crippen LogP contribution in [-0.2, 0) is 13.0 Å². The summed E-state index contributed by atoms with van der Waals surface area (Å²) in [6.45, 7) is 0.776. The molecule has 1 amide bonds. The molecule has 0 radical (unpaired) electrons. The second-order valence-electron chi connectivity index (χ2n) is 5.07. The second-order valence-corrected chi connectivity index (χ2v) is 7.64. The average Bonchev–Trinajstić information content (AvgIpc) is 3.16. The number of imidazole rings is 1. The molecule has 1 atom stereocenters. The molecule has 1 aliphatic rings. The van der Waals surface area contributed by atoms with Crippen LogP contribution in [0.1, 0.15) is 21.9 Å². The van der Waals surface area contributed by atoms with Crippen molar-refractivity contribution in [2.75, 3.05) is 0 Å². The second kappa shape index (κ2) is 5.12. The number of hydrogen-bond donors (Lipinski definition) is 1. The third-order valence-electron chi connectivity index (χ3n) is 3.74. The summed E-state index contributed by atoms with van der Waals surface area (Å²) in [4.78, 5) is 17.4. The van der Waals surface area contributed by atoms with Gasteiger partial charge in [0.05, 0.1) is 9.04 Å². The first-order chi connectivity index (χ1) is 10.2. The monoisotopic (exact) mass is 337 g/mol. The quantitative estimate of drug-likeness (QED) is 0.777. The smallest absolute Gasteiger partial charge is 0.263 e. The Morgan fingerprint density at radius 3 is 3.29 bits per heavy atom. The van der Waals surface area contributed by atoms with Gasteiger partial charge in [-0.1, -0.05) is 11.6 Å². The SMILES string of the molecule is O=C(N[C@@H]1CCc2nccn2C1)c1sc2sccc2c1Cl. The molecule has 1 N–H and O–H groups in total. The molecular formula is C14H12ClN3OS2. The Morgan fingerprint density at radius 2 is 2.43 bits per heavy atom. The van der Waals surface area contributed by atoms with Gasteiger partial charge in [0.25, 0.3) is 5.91 Å². The lowest BCUT2D eigenvalue weighted by molar-refractivity contribution is 0.0932. The van der Waals surface area contributed by atoms with Gasteiger partial charge in [-0.3, -0.25) is 4.79 Å². The molecule has 7 heteroatoms. The number of nitrogens with zero attached hydrogens (tertiary/aromatic N) is 2. The summed E-state index contributed by atoms with van der Waals surface area (Å²) >= 11 is 9.40. The zero-order valence-corrected chi connectivity index (χ0v) is 13.4. The zero-order valence-electron chi connectivity index (χ0n) is 11.0. The minimum absolute atomic E-state index is 0.0676. The Labute approximate surface area is 134 Å². The lowest BCUT2D eigenvalue weighted by Gasteiger charge is -2.24. The lowest BCUT2D eigenvalue weighted by Crippen LogP contribution is -2.40. The summed E-state index contributed by atoms with van der Waals surface area (Å²) in [6.07, 6.45) is 5.58. The van der Waals surface area contributed by atoms with E-state index in [1.165, 1.54) is 11.3 Å². The van der Waals surface area contributed by atoms with Gasteiger partial charge < -0.3 is 9.88 Å². The van der Waals surface area contributed by atoms with Gasteiger partial charge in [0.15, 0.2) is 0 Å². The number of nitrogens with one attached hydrogen (secondary N) is 1. The van der Waals surface area contributed by atoms with Gasteiger partial charge in [0.1, 0.15) is 10.7 Å². The van der Waals surface area contributed by atoms with Crippen molar-refractivity contribution in [3.63, 3.8) is 0 Å².